The molecule has 1 aromatic carbocycles. The minimum Gasteiger partial charge on any atom is -0.476 e. The molecular weight excluding hydrogens is 292 g/mol. The van der Waals surface area contributed by atoms with Crippen molar-refractivity contribution in [3.05, 3.63) is 59.8 Å². The first-order valence-corrected chi connectivity index (χ1v) is 7.30. The molecule has 0 amide bonds. The highest BCUT2D eigenvalue weighted by atomic mass is 16.4. The summed E-state index contributed by atoms with van der Waals surface area (Å²) < 4.78 is 1.64. The molecule has 0 fully saturated rings. The molecule has 0 aliphatic rings. The van der Waals surface area contributed by atoms with Crippen LogP contribution in [0.4, 0.5) is 0 Å². The van der Waals surface area contributed by atoms with Gasteiger partial charge in [-0.15, -0.1) is 0 Å². The fraction of sp³-hybridized carbons (Fsp3) is 0.176. The van der Waals surface area contributed by atoms with E-state index in [1.54, 1.807) is 4.57 Å². The zero-order valence-corrected chi connectivity index (χ0v) is 12.9. The number of carbonyl (C=O) groups is 1. The molecule has 0 spiro atoms. The molecule has 0 unspecified atom stereocenters. The summed E-state index contributed by atoms with van der Waals surface area (Å²) in [6.45, 7) is 3.96. The lowest BCUT2D eigenvalue weighted by molar-refractivity contribution is 0.0691. The lowest BCUT2D eigenvalue weighted by Crippen LogP contribution is -2.07. The van der Waals surface area contributed by atoms with Crippen molar-refractivity contribution < 1.29 is 9.90 Å². The third-order valence-electron chi connectivity index (χ3n) is 3.62. The minimum absolute atomic E-state index is 0.00965. The third kappa shape index (κ3) is 2.83. The van der Waals surface area contributed by atoms with Gasteiger partial charge in [0.25, 0.3) is 0 Å². The Balaban J connectivity index is 2.17. The van der Waals surface area contributed by atoms with E-state index in [1.165, 1.54) is 12.5 Å². The van der Waals surface area contributed by atoms with E-state index in [0.29, 0.717) is 11.6 Å². The van der Waals surface area contributed by atoms with Gasteiger partial charge in [0.05, 0.1) is 0 Å². The van der Waals surface area contributed by atoms with Gasteiger partial charge < -0.3 is 5.11 Å². The summed E-state index contributed by atoms with van der Waals surface area (Å²) in [6.07, 6.45) is 3.69. The average molecular weight is 308 g/mol. The average Bonchev–Trinajstić information content (AvgIpc) is 3.05. The Morgan fingerprint density at radius 1 is 1.22 bits per heavy atom. The van der Waals surface area contributed by atoms with E-state index in [1.807, 2.05) is 44.2 Å². The van der Waals surface area contributed by atoms with Crippen molar-refractivity contribution in [2.45, 2.75) is 20.3 Å². The molecule has 0 radical (unpaired) electrons. The minimum atomic E-state index is -1.06. The zero-order chi connectivity index (χ0) is 16.4. The van der Waals surface area contributed by atoms with Gasteiger partial charge >= 0.3 is 5.97 Å². The van der Waals surface area contributed by atoms with Crippen molar-refractivity contribution in [1.82, 2.24) is 19.5 Å². The van der Waals surface area contributed by atoms with E-state index >= 15 is 0 Å². The van der Waals surface area contributed by atoms with Crippen molar-refractivity contribution in [2.24, 2.45) is 0 Å². The van der Waals surface area contributed by atoms with Gasteiger partial charge in [-0.3, -0.25) is 4.57 Å². The number of aromatic nitrogens is 4. The van der Waals surface area contributed by atoms with Crippen LogP contribution in [0.1, 0.15) is 28.7 Å². The number of rotatable bonds is 4. The monoisotopic (exact) mass is 308 g/mol. The lowest BCUT2D eigenvalue weighted by Gasteiger charge is -2.12. The topological polar surface area (TPSA) is 80.9 Å². The number of hydrogen-bond acceptors (Lipinski definition) is 4. The number of carboxylic acid groups (broad SMARTS) is 1. The van der Waals surface area contributed by atoms with Gasteiger partial charge in [0, 0.05) is 23.0 Å². The number of hydrogen-bond donors (Lipinski definition) is 1. The van der Waals surface area contributed by atoms with Crippen molar-refractivity contribution >= 4 is 5.97 Å². The summed E-state index contributed by atoms with van der Waals surface area (Å²) in [7, 11) is 0. The largest absolute Gasteiger partial charge is 0.476 e. The molecule has 0 aliphatic heterocycles. The van der Waals surface area contributed by atoms with Gasteiger partial charge in [0.2, 0.25) is 0 Å². The van der Waals surface area contributed by atoms with Crippen LogP contribution >= 0.6 is 0 Å². The fourth-order valence-corrected chi connectivity index (χ4v) is 2.47. The Bertz CT molecular complexity index is 856. The molecule has 1 N–H and O–H groups in total. The maximum absolute atomic E-state index is 11.0. The summed E-state index contributed by atoms with van der Waals surface area (Å²) in [5.41, 5.74) is 2.75. The first-order valence-electron chi connectivity index (χ1n) is 7.30. The zero-order valence-electron chi connectivity index (χ0n) is 12.9. The van der Waals surface area contributed by atoms with Gasteiger partial charge in [-0.05, 0) is 13.3 Å². The number of aryl methyl sites for hydroxylation is 1. The number of aromatic carboxylic acids is 1. The van der Waals surface area contributed by atoms with Crippen LogP contribution < -0.4 is 0 Å². The fourth-order valence-electron chi connectivity index (χ4n) is 2.47. The second-order valence-corrected chi connectivity index (χ2v) is 5.13. The van der Waals surface area contributed by atoms with Crippen molar-refractivity contribution in [3.63, 3.8) is 0 Å². The molecule has 0 aliphatic carbocycles. The van der Waals surface area contributed by atoms with Crippen molar-refractivity contribution in [1.29, 1.82) is 0 Å². The number of benzene rings is 1. The number of carboxylic acids is 1. The molecule has 0 atom stereocenters. The molecular formula is C17H16N4O2. The standard InChI is InChI=1S/C17H16N4O2/c1-3-13-11(2)19-15(12-7-5-4-6-8-12)20-16(13)21-9-14(17(22)23)18-10-21/h4-10H,3H2,1-2H3,(H,22,23). The lowest BCUT2D eigenvalue weighted by atomic mass is 10.1. The van der Waals surface area contributed by atoms with Crippen molar-refractivity contribution in [3.8, 4) is 17.2 Å². The van der Waals surface area contributed by atoms with Gasteiger partial charge in [-0.2, -0.15) is 0 Å². The van der Waals surface area contributed by atoms with Crippen LogP contribution in [0.25, 0.3) is 17.2 Å². The molecule has 2 heterocycles. The Morgan fingerprint density at radius 3 is 2.57 bits per heavy atom. The quantitative estimate of drug-likeness (QED) is 0.801. The van der Waals surface area contributed by atoms with Crippen LogP contribution in [0, 0.1) is 6.92 Å². The van der Waals surface area contributed by atoms with E-state index in [4.69, 9.17) is 5.11 Å². The smallest absolute Gasteiger partial charge is 0.356 e. The Labute approximate surface area is 133 Å². The van der Waals surface area contributed by atoms with Crippen LogP contribution in [-0.2, 0) is 6.42 Å². The van der Waals surface area contributed by atoms with Gasteiger partial charge in [-0.25, -0.2) is 19.7 Å². The van der Waals surface area contributed by atoms with Crippen LogP contribution in [0.2, 0.25) is 0 Å². The molecule has 116 valence electrons. The highest BCUT2D eigenvalue weighted by molar-refractivity contribution is 5.85. The van der Waals surface area contributed by atoms with E-state index < -0.39 is 5.97 Å². The van der Waals surface area contributed by atoms with Gasteiger partial charge in [0.15, 0.2) is 11.5 Å². The Morgan fingerprint density at radius 2 is 1.96 bits per heavy atom. The van der Waals surface area contributed by atoms with E-state index in [9.17, 15) is 4.79 Å². The predicted octanol–water partition coefficient (Wildman–Crippen LogP) is 2.90. The highest BCUT2D eigenvalue weighted by Crippen LogP contribution is 2.22. The maximum atomic E-state index is 11.0. The highest BCUT2D eigenvalue weighted by Gasteiger charge is 2.15. The molecule has 3 aromatic rings. The molecule has 2 aromatic heterocycles. The summed E-state index contributed by atoms with van der Waals surface area (Å²) >= 11 is 0. The first kappa shape index (κ1) is 14.9. The van der Waals surface area contributed by atoms with Gasteiger partial charge in [-0.1, -0.05) is 37.3 Å². The summed E-state index contributed by atoms with van der Waals surface area (Å²) in [5.74, 6) is 0.218. The molecule has 0 saturated heterocycles. The van der Waals surface area contributed by atoms with E-state index in [0.717, 1.165) is 23.2 Å². The number of imidazole rings is 1. The van der Waals surface area contributed by atoms with E-state index in [2.05, 4.69) is 15.0 Å². The summed E-state index contributed by atoms with van der Waals surface area (Å²) in [6, 6.07) is 9.69. The molecule has 23 heavy (non-hydrogen) atoms. The van der Waals surface area contributed by atoms with E-state index in [-0.39, 0.29) is 5.69 Å². The van der Waals surface area contributed by atoms with Crippen LogP contribution in [0.5, 0.6) is 0 Å². The summed E-state index contributed by atoms with van der Waals surface area (Å²) in [4.78, 5) is 24.2. The second-order valence-electron chi connectivity index (χ2n) is 5.13. The van der Waals surface area contributed by atoms with Crippen LogP contribution in [0.15, 0.2) is 42.9 Å². The third-order valence-corrected chi connectivity index (χ3v) is 3.62. The van der Waals surface area contributed by atoms with Crippen LogP contribution in [-0.4, -0.2) is 30.6 Å². The SMILES string of the molecule is CCc1c(C)nc(-c2ccccc2)nc1-n1cnc(C(=O)O)c1. The molecule has 6 heteroatoms. The Kier molecular flexibility index (Phi) is 3.89. The Hall–Kier alpha value is -3.02. The maximum Gasteiger partial charge on any atom is 0.356 e. The second kappa shape index (κ2) is 6.00. The predicted molar refractivity (Wildman–Crippen MR) is 85.7 cm³/mol. The molecule has 0 saturated carbocycles. The molecule has 3 rings (SSSR count). The molecule has 0 bridgehead atoms. The van der Waals surface area contributed by atoms with Crippen LogP contribution in [0.3, 0.4) is 0 Å². The number of nitrogens with zero attached hydrogens (tertiary/aromatic N) is 4. The van der Waals surface area contributed by atoms with Gasteiger partial charge in [0.1, 0.15) is 12.1 Å². The summed E-state index contributed by atoms with van der Waals surface area (Å²) in [5, 5.41) is 9.05. The normalized spacial score (nSPS) is 10.7. The first-order chi connectivity index (χ1) is 11.1. The van der Waals surface area contributed by atoms with Crippen molar-refractivity contribution in [2.75, 3.05) is 0 Å². The molecule has 6 nitrogen and oxygen atoms in total.